The van der Waals surface area contributed by atoms with E-state index in [9.17, 15) is 14.4 Å². The van der Waals surface area contributed by atoms with Crippen molar-refractivity contribution < 1.29 is 23.9 Å². The molecule has 1 aromatic carbocycles. The van der Waals surface area contributed by atoms with Crippen LogP contribution < -0.4 is 26.3 Å². The van der Waals surface area contributed by atoms with Crippen molar-refractivity contribution in [1.29, 1.82) is 0 Å². The van der Waals surface area contributed by atoms with Gasteiger partial charge in [0.15, 0.2) is 17.2 Å². The average molecular weight is 544 g/mol. The molecule has 3 aromatic rings. The van der Waals surface area contributed by atoms with Crippen LogP contribution in [-0.2, 0) is 11.3 Å². The number of carbonyl (C=O) groups is 3. The van der Waals surface area contributed by atoms with Gasteiger partial charge in [-0.2, -0.15) is 4.37 Å². The molecule has 1 atom stereocenters. The molecule has 0 saturated heterocycles. The number of nitrogen functional groups attached to an aromatic ring is 1. The van der Waals surface area contributed by atoms with E-state index in [2.05, 4.69) is 9.69 Å². The molecule has 196 valence electrons. The number of hydrogen-bond acceptors (Lipinski definition) is 9. The third-order valence-corrected chi connectivity index (χ3v) is 8.02. The molecule has 1 saturated carbocycles. The van der Waals surface area contributed by atoms with Crippen LogP contribution >= 0.6 is 22.9 Å². The molecule has 1 fully saturated rings. The van der Waals surface area contributed by atoms with Crippen LogP contribution in [0.15, 0.2) is 35.7 Å². The number of aromatic nitrogens is 1. The summed E-state index contributed by atoms with van der Waals surface area (Å²) in [6, 6.07) is 7.90. The van der Waals surface area contributed by atoms with Gasteiger partial charge in [-0.05, 0) is 53.5 Å². The van der Waals surface area contributed by atoms with Crippen LogP contribution in [0.5, 0.6) is 11.5 Å². The van der Waals surface area contributed by atoms with Gasteiger partial charge in [0.2, 0.25) is 5.91 Å². The number of ether oxygens (including phenoxy) is 2. The van der Waals surface area contributed by atoms with Crippen molar-refractivity contribution in [3.63, 3.8) is 0 Å². The topological polar surface area (TPSA) is 150 Å². The van der Waals surface area contributed by atoms with Crippen LogP contribution in [-0.4, -0.2) is 47.3 Å². The molecular weight excluding hydrogens is 514 g/mol. The molecule has 37 heavy (non-hydrogen) atoms. The first-order chi connectivity index (χ1) is 17.8. The number of amides is 3. The summed E-state index contributed by atoms with van der Waals surface area (Å²) in [6.07, 6.45) is 3.84. The van der Waals surface area contributed by atoms with Crippen molar-refractivity contribution in [2.45, 2.75) is 44.3 Å². The number of rotatable bonds is 10. The number of benzene rings is 1. The summed E-state index contributed by atoms with van der Waals surface area (Å²) in [5.74, 6) is -0.752. The predicted molar refractivity (Wildman–Crippen MR) is 142 cm³/mol. The summed E-state index contributed by atoms with van der Waals surface area (Å²) >= 11 is 2.25. The van der Waals surface area contributed by atoms with E-state index in [4.69, 9.17) is 20.9 Å². The van der Waals surface area contributed by atoms with E-state index in [-0.39, 0.29) is 34.8 Å². The van der Waals surface area contributed by atoms with Gasteiger partial charge in [-0.1, -0.05) is 25.0 Å². The molecule has 2 aromatic heterocycles. The lowest BCUT2D eigenvalue weighted by Gasteiger charge is -2.32. The Morgan fingerprint density at radius 1 is 1.16 bits per heavy atom. The van der Waals surface area contributed by atoms with Crippen molar-refractivity contribution in [3.05, 3.63) is 56.7 Å². The van der Waals surface area contributed by atoms with Crippen molar-refractivity contribution in [1.82, 2.24) is 14.6 Å². The minimum Gasteiger partial charge on any atom is -0.493 e. The van der Waals surface area contributed by atoms with E-state index in [1.54, 1.807) is 18.2 Å². The third kappa shape index (κ3) is 5.70. The Kier molecular flexibility index (Phi) is 8.29. The molecule has 1 aliphatic carbocycles. The SMILES string of the molecule is COc1ccc([C@@H](C(=O)NC2CCCC2)N(Cc2cccs2)C(=O)c2snc(C(N)=O)c2N)cc1OC. The standard InChI is InChI=1S/C25H29N5O5S2/c1-34-17-10-9-14(12-18(17)35-2)21(24(32)28-15-6-3-4-7-15)30(13-16-8-5-11-36-16)25(33)22-19(26)20(23(27)31)29-37-22/h5,8-12,15,21H,3-4,6-7,13,26H2,1-2H3,(H2,27,31)(H,28,32)/t21-/m0/s1. The summed E-state index contributed by atoms with van der Waals surface area (Å²) in [6.45, 7) is 0.136. The zero-order valence-corrected chi connectivity index (χ0v) is 22.2. The van der Waals surface area contributed by atoms with Gasteiger partial charge in [-0.15, -0.1) is 11.3 Å². The number of hydrogen-bond donors (Lipinski definition) is 3. The van der Waals surface area contributed by atoms with Gasteiger partial charge in [0, 0.05) is 10.9 Å². The highest BCUT2D eigenvalue weighted by Gasteiger charge is 2.36. The number of thiophene rings is 1. The Morgan fingerprint density at radius 3 is 2.49 bits per heavy atom. The van der Waals surface area contributed by atoms with Gasteiger partial charge in [-0.3, -0.25) is 14.4 Å². The first kappa shape index (κ1) is 26.4. The lowest BCUT2D eigenvalue weighted by atomic mass is 10.0. The van der Waals surface area contributed by atoms with E-state index in [1.165, 1.54) is 30.5 Å². The number of carbonyl (C=O) groups excluding carboxylic acids is 3. The Labute approximate surface area is 222 Å². The molecule has 0 radical (unpaired) electrons. The maximum atomic E-state index is 14.0. The molecule has 5 N–H and O–H groups in total. The van der Waals surface area contributed by atoms with Crippen molar-refractivity contribution >= 4 is 46.3 Å². The number of methoxy groups -OCH3 is 2. The Bertz CT molecular complexity index is 1270. The van der Waals surface area contributed by atoms with E-state index in [0.29, 0.717) is 17.1 Å². The zero-order chi connectivity index (χ0) is 26.5. The molecule has 1 aliphatic rings. The van der Waals surface area contributed by atoms with E-state index in [1.807, 2.05) is 17.5 Å². The smallest absolute Gasteiger partial charge is 0.270 e. The van der Waals surface area contributed by atoms with Gasteiger partial charge in [0.05, 0.1) is 26.5 Å². The predicted octanol–water partition coefficient (Wildman–Crippen LogP) is 3.35. The van der Waals surface area contributed by atoms with Crippen molar-refractivity contribution in [2.75, 3.05) is 20.0 Å². The van der Waals surface area contributed by atoms with Crippen LogP contribution in [0.4, 0.5) is 5.69 Å². The van der Waals surface area contributed by atoms with Gasteiger partial charge in [0.25, 0.3) is 11.8 Å². The van der Waals surface area contributed by atoms with Crippen LogP contribution in [0, 0.1) is 0 Å². The summed E-state index contributed by atoms with van der Waals surface area (Å²) in [5.41, 5.74) is 11.8. The van der Waals surface area contributed by atoms with Gasteiger partial charge in [0.1, 0.15) is 10.9 Å². The van der Waals surface area contributed by atoms with Gasteiger partial charge in [-0.25, -0.2) is 0 Å². The highest BCUT2D eigenvalue weighted by Crippen LogP contribution is 2.35. The highest BCUT2D eigenvalue weighted by molar-refractivity contribution is 7.10. The van der Waals surface area contributed by atoms with Gasteiger partial charge >= 0.3 is 0 Å². The third-order valence-electron chi connectivity index (χ3n) is 6.31. The summed E-state index contributed by atoms with van der Waals surface area (Å²) in [5, 5.41) is 5.03. The molecular formula is C25H29N5O5S2. The molecule has 2 heterocycles. The minimum absolute atomic E-state index is 0.0313. The van der Waals surface area contributed by atoms with Crippen LogP contribution in [0.2, 0.25) is 0 Å². The molecule has 0 aliphatic heterocycles. The molecule has 0 spiro atoms. The Balaban J connectivity index is 1.81. The monoisotopic (exact) mass is 543 g/mol. The zero-order valence-electron chi connectivity index (χ0n) is 20.6. The fourth-order valence-electron chi connectivity index (χ4n) is 4.46. The normalized spacial score (nSPS) is 14.2. The number of primary amides is 1. The highest BCUT2D eigenvalue weighted by atomic mass is 32.1. The van der Waals surface area contributed by atoms with Crippen molar-refractivity contribution in [3.8, 4) is 11.5 Å². The maximum Gasteiger partial charge on any atom is 0.270 e. The maximum absolute atomic E-state index is 14.0. The van der Waals surface area contributed by atoms with E-state index < -0.39 is 17.9 Å². The lowest BCUT2D eigenvalue weighted by Crippen LogP contribution is -2.45. The van der Waals surface area contributed by atoms with E-state index in [0.717, 1.165) is 42.1 Å². The second-order valence-corrected chi connectivity index (χ2v) is 10.5. The van der Waals surface area contributed by atoms with Crippen LogP contribution in [0.25, 0.3) is 0 Å². The second-order valence-electron chi connectivity index (χ2n) is 8.66. The van der Waals surface area contributed by atoms with Gasteiger partial charge < -0.3 is 31.2 Å². The molecule has 0 bridgehead atoms. The minimum atomic E-state index is -1.02. The summed E-state index contributed by atoms with van der Waals surface area (Å²) < 4.78 is 14.8. The summed E-state index contributed by atoms with van der Waals surface area (Å²) in [7, 11) is 3.03. The molecule has 12 heteroatoms. The first-order valence-corrected chi connectivity index (χ1v) is 13.4. The number of nitrogens with one attached hydrogen (secondary N) is 1. The van der Waals surface area contributed by atoms with Crippen molar-refractivity contribution in [2.24, 2.45) is 5.73 Å². The Morgan fingerprint density at radius 2 is 1.89 bits per heavy atom. The molecule has 0 unspecified atom stereocenters. The molecule has 4 rings (SSSR count). The largest absolute Gasteiger partial charge is 0.493 e. The van der Waals surface area contributed by atoms with E-state index >= 15 is 0 Å². The molecule has 10 nitrogen and oxygen atoms in total. The lowest BCUT2D eigenvalue weighted by molar-refractivity contribution is -0.126. The first-order valence-electron chi connectivity index (χ1n) is 11.7. The summed E-state index contributed by atoms with van der Waals surface area (Å²) in [4.78, 5) is 42.0. The quantitative estimate of drug-likeness (QED) is 0.355. The van der Waals surface area contributed by atoms with Crippen LogP contribution in [0.1, 0.15) is 62.3 Å². The number of anilines is 1. The average Bonchev–Trinajstić information content (AvgIpc) is 3.66. The number of nitrogens with zero attached hydrogens (tertiary/aromatic N) is 2. The molecule has 3 amide bonds. The number of nitrogens with two attached hydrogens (primary N) is 2. The van der Waals surface area contributed by atoms with Crippen LogP contribution in [0.3, 0.4) is 0 Å². The Hall–Kier alpha value is -3.64. The fraction of sp³-hybridized carbons (Fsp3) is 0.360. The second kappa shape index (κ2) is 11.6. The fourth-order valence-corrected chi connectivity index (χ4v) is 5.92.